The topological polar surface area (TPSA) is 71.6 Å². The molecule has 1 aliphatic heterocycles. The average Bonchev–Trinajstić information content (AvgIpc) is 2.28. The molecule has 0 spiro atoms. The molecule has 1 fully saturated rings. The van der Waals surface area contributed by atoms with Gasteiger partial charge >= 0.3 is 0 Å². The molecular formula is C12H19N3O2. The Bertz CT molecular complexity index is 397. The highest BCUT2D eigenvalue weighted by atomic mass is 16.5. The number of ether oxygens (including phenoxy) is 1. The first-order valence-corrected chi connectivity index (χ1v) is 5.83. The van der Waals surface area contributed by atoms with Crippen LogP contribution in [0.25, 0.3) is 0 Å². The van der Waals surface area contributed by atoms with Gasteiger partial charge in [0.05, 0.1) is 30.7 Å². The Kier molecular flexibility index (Phi) is 3.49. The zero-order valence-electron chi connectivity index (χ0n) is 10.3. The molecule has 94 valence electrons. The molecule has 2 unspecified atom stereocenters. The Labute approximate surface area is 101 Å². The van der Waals surface area contributed by atoms with E-state index in [1.54, 1.807) is 6.20 Å². The summed E-state index contributed by atoms with van der Waals surface area (Å²) in [4.78, 5) is 6.51. The molecule has 2 heterocycles. The Morgan fingerprint density at radius 1 is 1.59 bits per heavy atom. The minimum atomic E-state index is -0.141. The average molecular weight is 237 g/mol. The number of hydrogen-bond acceptors (Lipinski definition) is 5. The van der Waals surface area contributed by atoms with Gasteiger partial charge < -0.3 is 20.5 Å². The fraction of sp³-hybridized carbons (Fsp3) is 0.583. The zero-order valence-corrected chi connectivity index (χ0v) is 10.3. The predicted molar refractivity (Wildman–Crippen MR) is 67.0 cm³/mol. The van der Waals surface area contributed by atoms with Crippen molar-refractivity contribution >= 4 is 11.5 Å². The number of anilines is 2. The third kappa shape index (κ3) is 2.68. The minimum Gasteiger partial charge on any atom is -0.397 e. The Morgan fingerprint density at radius 2 is 2.35 bits per heavy atom. The highest BCUT2D eigenvalue weighted by Gasteiger charge is 2.26. The number of nitrogens with zero attached hydrogens (tertiary/aromatic N) is 2. The standard InChI is InChI=1S/C12H19N3O2/c1-8-3-10(13)4-14-12(8)15-5-9(2)17-11(6-15)7-16/h3-4,9,11,16H,5-7,13H2,1-2H3. The molecule has 1 aromatic heterocycles. The number of aromatic nitrogens is 1. The van der Waals surface area contributed by atoms with Gasteiger partial charge in [0.15, 0.2) is 0 Å². The Balaban J connectivity index is 2.20. The second kappa shape index (κ2) is 4.89. The van der Waals surface area contributed by atoms with Crippen molar-refractivity contribution in [3.05, 3.63) is 17.8 Å². The lowest BCUT2D eigenvalue weighted by Crippen LogP contribution is -2.48. The number of pyridine rings is 1. The highest BCUT2D eigenvalue weighted by molar-refractivity contribution is 5.53. The first-order valence-electron chi connectivity index (χ1n) is 5.83. The monoisotopic (exact) mass is 237 g/mol. The number of nitrogens with two attached hydrogens (primary N) is 1. The maximum absolute atomic E-state index is 9.19. The van der Waals surface area contributed by atoms with Gasteiger partial charge in [-0.25, -0.2) is 4.98 Å². The summed E-state index contributed by atoms with van der Waals surface area (Å²) in [6, 6.07) is 1.91. The minimum absolute atomic E-state index is 0.0366. The lowest BCUT2D eigenvalue weighted by atomic mass is 10.2. The van der Waals surface area contributed by atoms with Crippen molar-refractivity contribution in [3.8, 4) is 0 Å². The van der Waals surface area contributed by atoms with Gasteiger partial charge in [-0.05, 0) is 25.5 Å². The fourth-order valence-electron chi connectivity index (χ4n) is 2.24. The molecular weight excluding hydrogens is 218 g/mol. The Hall–Kier alpha value is -1.33. The van der Waals surface area contributed by atoms with E-state index >= 15 is 0 Å². The van der Waals surface area contributed by atoms with Crippen molar-refractivity contribution in [2.45, 2.75) is 26.1 Å². The van der Waals surface area contributed by atoms with Crippen LogP contribution < -0.4 is 10.6 Å². The van der Waals surface area contributed by atoms with Gasteiger partial charge in [0, 0.05) is 13.1 Å². The molecule has 0 bridgehead atoms. The molecule has 1 saturated heterocycles. The van der Waals surface area contributed by atoms with Crippen molar-refractivity contribution in [3.63, 3.8) is 0 Å². The van der Waals surface area contributed by atoms with E-state index in [0.29, 0.717) is 12.2 Å². The number of nitrogen functional groups attached to an aromatic ring is 1. The molecule has 0 saturated carbocycles. The highest BCUT2D eigenvalue weighted by Crippen LogP contribution is 2.22. The lowest BCUT2D eigenvalue weighted by Gasteiger charge is -2.37. The van der Waals surface area contributed by atoms with Gasteiger partial charge in [-0.1, -0.05) is 0 Å². The Morgan fingerprint density at radius 3 is 3.00 bits per heavy atom. The molecule has 0 radical (unpaired) electrons. The quantitative estimate of drug-likeness (QED) is 0.786. The number of aliphatic hydroxyl groups is 1. The van der Waals surface area contributed by atoms with Crippen LogP contribution in [0.4, 0.5) is 11.5 Å². The van der Waals surface area contributed by atoms with Crippen molar-refractivity contribution in [2.24, 2.45) is 0 Å². The van der Waals surface area contributed by atoms with Gasteiger partial charge in [0.2, 0.25) is 0 Å². The van der Waals surface area contributed by atoms with Crippen LogP contribution in [-0.2, 0) is 4.74 Å². The van der Waals surface area contributed by atoms with Crippen LogP contribution in [0.5, 0.6) is 0 Å². The van der Waals surface area contributed by atoms with Gasteiger partial charge in [0.1, 0.15) is 5.82 Å². The third-order valence-electron chi connectivity index (χ3n) is 2.90. The van der Waals surface area contributed by atoms with E-state index in [1.165, 1.54) is 0 Å². The van der Waals surface area contributed by atoms with Crippen LogP contribution in [0.3, 0.4) is 0 Å². The normalized spacial score (nSPS) is 25.0. The number of hydrogen-bond donors (Lipinski definition) is 2. The van der Waals surface area contributed by atoms with Gasteiger partial charge in [-0.15, -0.1) is 0 Å². The van der Waals surface area contributed by atoms with Crippen LogP contribution in [0.2, 0.25) is 0 Å². The smallest absolute Gasteiger partial charge is 0.131 e. The first-order chi connectivity index (χ1) is 8.10. The SMILES string of the molecule is Cc1cc(N)cnc1N1CC(C)OC(CO)C1. The predicted octanol–water partition coefficient (Wildman–Crippen LogP) is 0.558. The number of rotatable bonds is 2. The molecule has 5 nitrogen and oxygen atoms in total. The summed E-state index contributed by atoms with van der Waals surface area (Å²) >= 11 is 0. The van der Waals surface area contributed by atoms with E-state index in [9.17, 15) is 5.11 Å². The van der Waals surface area contributed by atoms with Crippen molar-refractivity contribution in [1.82, 2.24) is 4.98 Å². The van der Waals surface area contributed by atoms with E-state index in [0.717, 1.165) is 17.9 Å². The second-order valence-electron chi connectivity index (χ2n) is 4.57. The maximum atomic E-state index is 9.19. The van der Waals surface area contributed by atoms with Crippen molar-refractivity contribution in [2.75, 3.05) is 30.3 Å². The van der Waals surface area contributed by atoms with E-state index in [2.05, 4.69) is 9.88 Å². The summed E-state index contributed by atoms with van der Waals surface area (Å²) < 4.78 is 5.61. The van der Waals surface area contributed by atoms with Crippen LogP contribution in [0.1, 0.15) is 12.5 Å². The summed E-state index contributed by atoms with van der Waals surface area (Å²) in [6.07, 6.45) is 1.62. The van der Waals surface area contributed by atoms with Crippen LogP contribution >= 0.6 is 0 Å². The fourth-order valence-corrected chi connectivity index (χ4v) is 2.24. The van der Waals surface area contributed by atoms with Crippen molar-refractivity contribution in [1.29, 1.82) is 0 Å². The molecule has 2 rings (SSSR count). The molecule has 0 aromatic carbocycles. The molecule has 2 atom stereocenters. The van der Waals surface area contributed by atoms with E-state index < -0.39 is 0 Å². The molecule has 1 aliphatic rings. The van der Waals surface area contributed by atoms with E-state index in [1.807, 2.05) is 19.9 Å². The van der Waals surface area contributed by atoms with Gasteiger partial charge in [0.25, 0.3) is 0 Å². The summed E-state index contributed by atoms with van der Waals surface area (Å²) in [5, 5.41) is 9.19. The summed E-state index contributed by atoms with van der Waals surface area (Å²) in [5.74, 6) is 0.924. The largest absolute Gasteiger partial charge is 0.397 e. The maximum Gasteiger partial charge on any atom is 0.131 e. The summed E-state index contributed by atoms with van der Waals surface area (Å²) in [6.45, 7) is 5.48. The van der Waals surface area contributed by atoms with Crippen molar-refractivity contribution < 1.29 is 9.84 Å². The van der Waals surface area contributed by atoms with Crippen LogP contribution in [0.15, 0.2) is 12.3 Å². The van der Waals surface area contributed by atoms with E-state index in [4.69, 9.17) is 10.5 Å². The number of morpholine rings is 1. The summed E-state index contributed by atoms with van der Waals surface area (Å²) in [7, 11) is 0. The molecule has 0 amide bonds. The number of aliphatic hydroxyl groups excluding tert-OH is 1. The molecule has 17 heavy (non-hydrogen) atoms. The molecule has 1 aromatic rings. The third-order valence-corrected chi connectivity index (χ3v) is 2.90. The van der Waals surface area contributed by atoms with Crippen LogP contribution in [0, 0.1) is 6.92 Å². The van der Waals surface area contributed by atoms with E-state index in [-0.39, 0.29) is 18.8 Å². The van der Waals surface area contributed by atoms with Crippen LogP contribution in [-0.4, -0.2) is 42.0 Å². The summed E-state index contributed by atoms with van der Waals surface area (Å²) in [5.41, 5.74) is 7.42. The second-order valence-corrected chi connectivity index (χ2v) is 4.57. The zero-order chi connectivity index (χ0) is 12.4. The molecule has 0 aliphatic carbocycles. The molecule has 3 N–H and O–H groups in total. The lowest BCUT2D eigenvalue weighted by molar-refractivity contribution is -0.0423. The van der Waals surface area contributed by atoms with Gasteiger partial charge in [-0.2, -0.15) is 0 Å². The first kappa shape index (κ1) is 12.1. The van der Waals surface area contributed by atoms with Gasteiger partial charge in [-0.3, -0.25) is 0 Å². The molecule has 5 heteroatoms. The number of aryl methyl sites for hydroxylation is 1.